The van der Waals surface area contributed by atoms with Crippen molar-refractivity contribution in [3.63, 3.8) is 0 Å². The van der Waals surface area contributed by atoms with E-state index in [9.17, 15) is 14.4 Å². The zero-order valence-corrected chi connectivity index (χ0v) is 27.1. The summed E-state index contributed by atoms with van der Waals surface area (Å²) in [5.41, 5.74) is 0.498. The van der Waals surface area contributed by atoms with E-state index < -0.39 is 5.92 Å². The van der Waals surface area contributed by atoms with E-state index in [1.807, 2.05) is 33.5 Å². The Hall–Kier alpha value is -2.46. The third kappa shape index (κ3) is 8.22. The molecule has 5 aliphatic rings. The summed E-state index contributed by atoms with van der Waals surface area (Å²) in [7, 11) is 0. The normalized spacial score (nSPS) is 26.9. The van der Waals surface area contributed by atoms with E-state index in [1.165, 1.54) is 32.1 Å². The van der Waals surface area contributed by atoms with Crippen LogP contribution in [-0.4, -0.2) is 85.2 Å². The van der Waals surface area contributed by atoms with Crippen molar-refractivity contribution >= 4 is 35.4 Å². The first-order valence-electron chi connectivity index (χ1n) is 17.4. The molecule has 1 aromatic rings. The van der Waals surface area contributed by atoms with Crippen LogP contribution >= 0.6 is 11.3 Å². The van der Waals surface area contributed by atoms with Crippen LogP contribution in [0.2, 0.25) is 0 Å². The number of aliphatic imine (C=N–C) groups is 1. The number of piperidine rings is 3. The second-order valence-corrected chi connectivity index (χ2v) is 15.2. The second-order valence-electron chi connectivity index (χ2n) is 14.1. The highest BCUT2D eigenvalue weighted by atomic mass is 32.1. The lowest BCUT2D eigenvalue weighted by atomic mass is 9.86. The van der Waals surface area contributed by atoms with Crippen molar-refractivity contribution < 1.29 is 14.4 Å². The van der Waals surface area contributed by atoms with Crippen LogP contribution in [0, 0.1) is 23.2 Å². The summed E-state index contributed by atoms with van der Waals surface area (Å²) in [4.78, 5) is 51.2. The zero-order valence-electron chi connectivity index (χ0n) is 26.3. The standard InChI is InChI=1S/C34H52N6O3S/c41-31(37-23-28-7-4-20-44-28)29-24-40(17-10-30(29)38-33(43)39-18-13-34(11-12-34)14-19-39)32(42)26(21-25-8-15-35-16-9-25)22-36-27-5-2-1-3-6-27/h4,7,20,22,25-27,29-30,35H,1-3,5-6,8-19,21,23-24H2,(H,37,41)(H,38,43)/t26?,29-,30+/m0/s1. The topological polar surface area (TPSA) is 106 Å². The lowest BCUT2D eigenvalue weighted by Gasteiger charge is -2.41. The number of amides is 4. The first-order valence-corrected chi connectivity index (χ1v) is 18.2. The van der Waals surface area contributed by atoms with Gasteiger partial charge in [-0.1, -0.05) is 25.3 Å². The van der Waals surface area contributed by atoms with E-state index in [0.717, 1.165) is 76.0 Å². The molecular formula is C34H52N6O3S. The van der Waals surface area contributed by atoms with Crippen molar-refractivity contribution in [2.24, 2.45) is 28.2 Å². The molecular weight excluding hydrogens is 572 g/mol. The van der Waals surface area contributed by atoms with Crippen LogP contribution < -0.4 is 16.0 Å². The van der Waals surface area contributed by atoms with Crippen LogP contribution in [-0.2, 0) is 16.1 Å². The second kappa shape index (κ2) is 14.8. The van der Waals surface area contributed by atoms with E-state index in [4.69, 9.17) is 4.99 Å². The number of urea groups is 1. The maximum Gasteiger partial charge on any atom is 0.317 e. The van der Waals surface area contributed by atoms with Crippen LogP contribution in [0.3, 0.4) is 0 Å². The van der Waals surface area contributed by atoms with Crippen molar-refractivity contribution in [1.82, 2.24) is 25.8 Å². The first kappa shape index (κ1) is 31.5. The van der Waals surface area contributed by atoms with Gasteiger partial charge >= 0.3 is 6.03 Å². The molecule has 0 aromatic carbocycles. The van der Waals surface area contributed by atoms with E-state index in [-0.39, 0.29) is 29.8 Å². The summed E-state index contributed by atoms with van der Waals surface area (Å²) in [6, 6.07) is 3.96. The highest BCUT2D eigenvalue weighted by molar-refractivity contribution is 7.09. The monoisotopic (exact) mass is 624 g/mol. The van der Waals surface area contributed by atoms with Crippen LogP contribution in [0.4, 0.5) is 4.79 Å². The SMILES string of the molecule is O=C(NCc1cccs1)[C@H]1CN(C(=O)C(C=NC2CCCCC2)CC2CCNCC2)CC[C@H]1NC(=O)N1CCC2(CC1)CC2. The molecule has 9 nitrogen and oxygen atoms in total. The molecule has 5 fully saturated rings. The number of hydrogen-bond donors (Lipinski definition) is 3. The summed E-state index contributed by atoms with van der Waals surface area (Å²) in [5.74, 6) is -0.253. The third-order valence-electron chi connectivity index (χ3n) is 11.1. The minimum absolute atomic E-state index is 0.0651. The molecule has 0 radical (unpaired) electrons. The lowest BCUT2D eigenvalue weighted by molar-refractivity contribution is -0.138. The highest BCUT2D eigenvalue weighted by Crippen LogP contribution is 2.53. The third-order valence-corrected chi connectivity index (χ3v) is 11.9. The van der Waals surface area contributed by atoms with Crippen molar-refractivity contribution in [3.8, 4) is 0 Å². The zero-order chi connectivity index (χ0) is 30.4. The lowest BCUT2D eigenvalue weighted by Crippen LogP contribution is -2.59. The predicted molar refractivity (Wildman–Crippen MR) is 175 cm³/mol. The average molecular weight is 625 g/mol. The fourth-order valence-electron chi connectivity index (χ4n) is 7.81. The fraction of sp³-hybridized carbons (Fsp3) is 0.765. The first-order chi connectivity index (χ1) is 21.5. The van der Waals surface area contributed by atoms with Gasteiger partial charge in [-0.2, -0.15) is 0 Å². The molecule has 4 amide bonds. The Labute approximate surface area is 267 Å². The Balaban J connectivity index is 1.13. The molecule has 44 heavy (non-hydrogen) atoms. The van der Waals surface area contributed by atoms with Crippen molar-refractivity contribution in [3.05, 3.63) is 22.4 Å². The minimum atomic E-state index is -0.494. The number of hydrogen-bond acceptors (Lipinski definition) is 6. The maximum absolute atomic E-state index is 14.2. The van der Waals surface area contributed by atoms with E-state index >= 15 is 0 Å². The molecule has 1 unspecified atom stereocenters. The summed E-state index contributed by atoms with van der Waals surface area (Å²) >= 11 is 1.61. The molecule has 3 N–H and O–H groups in total. The molecule has 4 heterocycles. The number of nitrogens with one attached hydrogen (secondary N) is 3. The number of thiophene rings is 1. The molecule has 0 bridgehead atoms. The molecule has 6 rings (SSSR count). The Morgan fingerprint density at radius 1 is 1.00 bits per heavy atom. The molecule has 1 aromatic heterocycles. The number of likely N-dealkylation sites (tertiary alicyclic amines) is 2. The van der Waals surface area contributed by atoms with Crippen LogP contribution in [0.15, 0.2) is 22.5 Å². The van der Waals surface area contributed by atoms with Gasteiger partial charge in [-0.15, -0.1) is 11.3 Å². The Morgan fingerprint density at radius 2 is 1.77 bits per heavy atom. The fourth-order valence-corrected chi connectivity index (χ4v) is 8.46. The van der Waals surface area contributed by atoms with Gasteiger partial charge in [0.25, 0.3) is 0 Å². The van der Waals surface area contributed by atoms with Gasteiger partial charge in [0, 0.05) is 49.4 Å². The van der Waals surface area contributed by atoms with Gasteiger partial charge < -0.3 is 25.8 Å². The largest absolute Gasteiger partial charge is 0.351 e. The van der Waals surface area contributed by atoms with Crippen LogP contribution in [0.1, 0.15) is 88.3 Å². The van der Waals surface area contributed by atoms with Crippen LogP contribution in [0.25, 0.3) is 0 Å². The molecule has 1 spiro atoms. The molecule has 2 saturated carbocycles. The van der Waals surface area contributed by atoms with Gasteiger partial charge in [-0.3, -0.25) is 14.6 Å². The quantitative estimate of drug-likeness (QED) is 0.350. The van der Waals surface area contributed by atoms with Gasteiger partial charge in [0.05, 0.1) is 18.4 Å². The smallest absolute Gasteiger partial charge is 0.317 e. The average Bonchev–Trinajstić information content (AvgIpc) is 3.59. The summed E-state index contributed by atoms with van der Waals surface area (Å²) in [5, 5.41) is 11.8. The van der Waals surface area contributed by atoms with Gasteiger partial charge in [-0.25, -0.2) is 4.79 Å². The van der Waals surface area contributed by atoms with Crippen molar-refractivity contribution in [1.29, 1.82) is 0 Å². The van der Waals surface area contributed by atoms with E-state index in [2.05, 4.69) is 16.0 Å². The van der Waals surface area contributed by atoms with Crippen molar-refractivity contribution in [2.75, 3.05) is 39.3 Å². The predicted octanol–water partition coefficient (Wildman–Crippen LogP) is 4.58. The summed E-state index contributed by atoms with van der Waals surface area (Å²) < 4.78 is 0. The van der Waals surface area contributed by atoms with Gasteiger partial charge in [0.1, 0.15) is 0 Å². The van der Waals surface area contributed by atoms with Crippen LogP contribution in [0.5, 0.6) is 0 Å². The summed E-state index contributed by atoms with van der Waals surface area (Å²) in [6.45, 7) is 4.91. The molecule has 242 valence electrons. The highest BCUT2D eigenvalue weighted by Gasteiger charge is 2.46. The van der Waals surface area contributed by atoms with Gasteiger partial charge in [0.15, 0.2) is 0 Å². The molecule has 2 aliphatic carbocycles. The minimum Gasteiger partial charge on any atom is -0.351 e. The number of nitrogens with zero attached hydrogens (tertiary/aromatic N) is 3. The van der Waals surface area contributed by atoms with E-state index in [1.54, 1.807) is 11.3 Å². The molecule has 3 aliphatic heterocycles. The Kier molecular flexibility index (Phi) is 10.6. The number of carbonyl (C=O) groups is 3. The molecule has 3 atom stereocenters. The Bertz CT molecular complexity index is 1130. The van der Waals surface area contributed by atoms with Gasteiger partial charge in [-0.05, 0) is 100 Å². The van der Waals surface area contributed by atoms with Gasteiger partial charge in [0.2, 0.25) is 11.8 Å². The number of rotatable bonds is 9. The maximum atomic E-state index is 14.2. The molecule has 10 heteroatoms. The van der Waals surface area contributed by atoms with E-state index in [0.29, 0.717) is 43.4 Å². The Morgan fingerprint density at radius 3 is 2.48 bits per heavy atom. The number of carbonyl (C=O) groups excluding carboxylic acids is 3. The van der Waals surface area contributed by atoms with Crippen molar-refractivity contribution in [2.45, 2.75) is 102 Å². The summed E-state index contributed by atoms with van der Waals surface area (Å²) in [6.07, 6.45) is 16.2. The molecule has 3 saturated heterocycles.